The third kappa shape index (κ3) is 3.56. The molecule has 1 aromatic rings. The van der Waals surface area contributed by atoms with Crippen molar-refractivity contribution in [3.8, 4) is 0 Å². The van der Waals surface area contributed by atoms with Gasteiger partial charge in [0, 0.05) is 37.9 Å². The highest BCUT2D eigenvalue weighted by molar-refractivity contribution is 7.87. The molecule has 1 aliphatic heterocycles. The van der Waals surface area contributed by atoms with Gasteiger partial charge < -0.3 is 4.90 Å². The van der Waals surface area contributed by atoms with E-state index in [2.05, 4.69) is 34.7 Å². The maximum absolute atomic E-state index is 12.2. The summed E-state index contributed by atoms with van der Waals surface area (Å²) >= 11 is 0. The van der Waals surface area contributed by atoms with Crippen molar-refractivity contribution in [1.29, 1.82) is 0 Å². The number of hydrogen-bond donors (Lipinski definition) is 1. The number of nitrogens with one attached hydrogen (secondary N) is 1. The third-order valence-electron chi connectivity index (χ3n) is 4.06. The number of para-hydroxylation sites is 1. The summed E-state index contributed by atoms with van der Waals surface area (Å²) in [6, 6.07) is 8.47. The van der Waals surface area contributed by atoms with Crippen LogP contribution < -0.4 is 9.62 Å². The molecule has 1 aliphatic rings. The van der Waals surface area contributed by atoms with E-state index in [0.717, 1.165) is 13.0 Å². The number of benzene rings is 1. The van der Waals surface area contributed by atoms with Crippen LogP contribution >= 0.6 is 0 Å². The van der Waals surface area contributed by atoms with E-state index in [-0.39, 0.29) is 6.04 Å². The number of hydrogen-bond acceptors (Lipinski definition) is 3. The lowest BCUT2D eigenvalue weighted by Crippen LogP contribution is -2.46. The van der Waals surface area contributed by atoms with E-state index in [1.807, 2.05) is 19.9 Å². The quantitative estimate of drug-likeness (QED) is 0.832. The minimum Gasteiger partial charge on any atom is -0.367 e. The average Bonchev–Trinajstić information content (AvgIpc) is 2.90. The lowest BCUT2D eigenvalue weighted by atomic mass is 10.2. The summed E-state index contributed by atoms with van der Waals surface area (Å²) in [7, 11) is -3.37. The van der Waals surface area contributed by atoms with Gasteiger partial charge in [0.1, 0.15) is 0 Å². The SMILES string of the molecule is CCN(CC)S(=O)(=O)NC[C@H](C)N1CCc2ccccc21. The molecule has 0 aliphatic carbocycles. The number of anilines is 1. The minimum absolute atomic E-state index is 0.138. The van der Waals surface area contributed by atoms with Crippen LogP contribution in [0.4, 0.5) is 5.69 Å². The van der Waals surface area contributed by atoms with Crippen LogP contribution in [0, 0.1) is 0 Å². The molecule has 1 aromatic carbocycles. The molecule has 1 N–H and O–H groups in total. The molecule has 0 fully saturated rings. The van der Waals surface area contributed by atoms with Crippen LogP contribution in [0.3, 0.4) is 0 Å². The van der Waals surface area contributed by atoms with Crippen LogP contribution in [0.1, 0.15) is 26.3 Å². The Bertz CT molecular complexity index is 570. The second-order valence-electron chi connectivity index (χ2n) is 5.36. The van der Waals surface area contributed by atoms with Gasteiger partial charge in [0.2, 0.25) is 0 Å². The van der Waals surface area contributed by atoms with Gasteiger partial charge in [0.05, 0.1) is 0 Å². The Morgan fingerprint density at radius 1 is 1.29 bits per heavy atom. The van der Waals surface area contributed by atoms with E-state index >= 15 is 0 Å². The summed E-state index contributed by atoms with van der Waals surface area (Å²) in [6.45, 7) is 8.12. The lowest BCUT2D eigenvalue weighted by molar-refractivity contribution is 0.432. The van der Waals surface area contributed by atoms with Gasteiger partial charge in [-0.2, -0.15) is 12.7 Å². The van der Waals surface area contributed by atoms with E-state index in [9.17, 15) is 8.42 Å². The van der Waals surface area contributed by atoms with Gasteiger partial charge in [-0.3, -0.25) is 0 Å². The predicted molar refractivity (Wildman–Crippen MR) is 86.8 cm³/mol. The Balaban J connectivity index is 1.99. The van der Waals surface area contributed by atoms with Crippen molar-refractivity contribution < 1.29 is 8.42 Å². The van der Waals surface area contributed by atoms with Crippen LogP contribution in [0.5, 0.6) is 0 Å². The smallest absolute Gasteiger partial charge is 0.279 e. The van der Waals surface area contributed by atoms with Crippen LogP contribution in [0.25, 0.3) is 0 Å². The molecule has 1 heterocycles. The average molecular weight is 311 g/mol. The third-order valence-corrected chi connectivity index (χ3v) is 5.79. The van der Waals surface area contributed by atoms with Crippen LogP contribution in [0.15, 0.2) is 24.3 Å². The highest BCUT2D eigenvalue weighted by Gasteiger charge is 2.25. The Kier molecular flexibility index (Phi) is 5.24. The van der Waals surface area contributed by atoms with Crippen molar-refractivity contribution in [3.05, 3.63) is 29.8 Å². The van der Waals surface area contributed by atoms with Crippen molar-refractivity contribution in [2.24, 2.45) is 0 Å². The highest BCUT2D eigenvalue weighted by Crippen LogP contribution is 2.28. The Morgan fingerprint density at radius 2 is 1.95 bits per heavy atom. The van der Waals surface area contributed by atoms with Crippen molar-refractivity contribution in [2.45, 2.75) is 33.2 Å². The summed E-state index contributed by atoms with van der Waals surface area (Å²) in [5.74, 6) is 0. The zero-order chi connectivity index (χ0) is 15.5. The molecule has 0 unspecified atom stereocenters. The molecule has 2 rings (SSSR count). The maximum atomic E-state index is 12.2. The van der Waals surface area contributed by atoms with E-state index in [1.165, 1.54) is 15.6 Å². The van der Waals surface area contributed by atoms with Crippen molar-refractivity contribution in [2.75, 3.05) is 31.1 Å². The Hall–Kier alpha value is -1.11. The van der Waals surface area contributed by atoms with Gasteiger partial charge >= 0.3 is 0 Å². The summed E-state index contributed by atoms with van der Waals surface area (Å²) in [6.07, 6.45) is 1.03. The van der Waals surface area contributed by atoms with Gasteiger partial charge in [-0.05, 0) is 25.0 Å². The first-order chi connectivity index (χ1) is 9.99. The fraction of sp³-hybridized carbons (Fsp3) is 0.600. The molecule has 1 atom stereocenters. The second kappa shape index (κ2) is 6.77. The zero-order valence-corrected chi connectivity index (χ0v) is 13.9. The van der Waals surface area contributed by atoms with Crippen molar-refractivity contribution in [3.63, 3.8) is 0 Å². The van der Waals surface area contributed by atoms with E-state index in [0.29, 0.717) is 19.6 Å². The fourth-order valence-electron chi connectivity index (χ4n) is 2.81. The molecule has 0 amide bonds. The van der Waals surface area contributed by atoms with Crippen molar-refractivity contribution >= 4 is 15.9 Å². The fourth-order valence-corrected chi connectivity index (χ4v) is 4.13. The second-order valence-corrected chi connectivity index (χ2v) is 7.11. The molecule has 118 valence electrons. The van der Waals surface area contributed by atoms with Gasteiger partial charge in [-0.25, -0.2) is 4.72 Å². The zero-order valence-electron chi connectivity index (χ0n) is 13.0. The van der Waals surface area contributed by atoms with Gasteiger partial charge in [-0.15, -0.1) is 0 Å². The molecule has 21 heavy (non-hydrogen) atoms. The van der Waals surface area contributed by atoms with Gasteiger partial charge in [0.25, 0.3) is 10.2 Å². The molecule has 0 spiro atoms. The molecule has 0 aromatic heterocycles. The molecule has 0 radical (unpaired) electrons. The first kappa shape index (κ1) is 16.3. The highest BCUT2D eigenvalue weighted by atomic mass is 32.2. The molecule has 6 heteroatoms. The predicted octanol–water partition coefficient (Wildman–Crippen LogP) is 1.61. The van der Waals surface area contributed by atoms with Crippen LogP contribution in [-0.2, 0) is 16.6 Å². The number of nitrogens with zero attached hydrogens (tertiary/aromatic N) is 2. The maximum Gasteiger partial charge on any atom is 0.279 e. The minimum atomic E-state index is -3.37. The monoisotopic (exact) mass is 311 g/mol. The molecule has 0 saturated carbocycles. The topological polar surface area (TPSA) is 52.7 Å². The van der Waals surface area contributed by atoms with E-state index in [1.54, 1.807) is 0 Å². The summed E-state index contributed by atoms with van der Waals surface area (Å²) in [4.78, 5) is 2.28. The van der Waals surface area contributed by atoms with Gasteiger partial charge in [-0.1, -0.05) is 32.0 Å². The Labute approximate surface area is 128 Å². The summed E-state index contributed by atoms with van der Waals surface area (Å²) in [5.41, 5.74) is 2.57. The van der Waals surface area contributed by atoms with Crippen LogP contribution in [-0.4, -0.2) is 44.9 Å². The molecule has 0 saturated heterocycles. The first-order valence-corrected chi connectivity index (χ1v) is 9.02. The molecular formula is C15H25N3O2S. The normalized spacial score (nSPS) is 16.3. The molecular weight excluding hydrogens is 286 g/mol. The largest absolute Gasteiger partial charge is 0.367 e. The van der Waals surface area contributed by atoms with E-state index in [4.69, 9.17) is 0 Å². The summed E-state index contributed by atoms with van der Waals surface area (Å²) < 4.78 is 28.5. The summed E-state index contributed by atoms with van der Waals surface area (Å²) in [5, 5.41) is 0. The number of fused-ring (bicyclic) bond motifs is 1. The first-order valence-electron chi connectivity index (χ1n) is 7.58. The molecule has 0 bridgehead atoms. The van der Waals surface area contributed by atoms with Crippen LogP contribution in [0.2, 0.25) is 0 Å². The lowest BCUT2D eigenvalue weighted by Gasteiger charge is -2.28. The Morgan fingerprint density at radius 3 is 2.62 bits per heavy atom. The van der Waals surface area contributed by atoms with E-state index < -0.39 is 10.2 Å². The van der Waals surface area contributed by atoms with Crippen molar-refractivity contribution in [1.82, 2.24) is 9.03 Å². The number of rotatable bonds is 7. The standard InChI is InChI=1S/C15H25N3O2S/c1-4-17(5-2)21(19,20)16-12-13(3)18-11-10-14-8-6-7-9-15(14)18/h6-9,13,16H,4-5,10-12H2,1-3H3/t13-/m0/s1. The molecule has 5 nitrogen and oxygen atoms in total. The van der Waals surface area contributed by atoms with Gasteiger partial charge in [0.15, 0.2) is 0 Å².